The maximum Gasteiger partial charge on any atom is 0.236 e. The van der Waals surface area contributed by atoms with Crippen molar-refractivity contribution in [3.63, 3.8) is 0 Å². The molecule has 23 heavy (non-hydrogen) atoms. The van der Waals surface area contributed by atoms with E-state index in [0.29, 0.717) is 5.69 Å². The maximum atomic E-state index is 12.3. The Morgan fingerprint density at radius 1 is 1.09 bits per heavy atom. The monoisotopic (exact) mass is 333 g/mol. The highest BCUT2D eigenvalue weighted by molar-refractivity contribution is 7.91. The van der Waals surface area contributed by atoms with Crippen molar-refractivity contribution in [1.82, 2.24) is 4.98 Å². The van der Waals surface area contributed by atoms with Crippen LogP contribution in [0.1, 0.15) is 25.0 Å². The van der Waals surface area contributed by atoms with Gasteiger partial charge in [-0.3, -0.25) is 4.72 Å². The molecule has 1 heterocycles. The van der Waals surface area contributed by atoms with Crippen molar-refractivity contribution in [2.75, 3.05) is 22.7 Å². The molecule has 0 radical (unpaired) electrons. The Balaban J connectivity index is 2.10. The highest BCUT2D eigenvalue weighted by atomic mass is 32.2. The van der Waals surface area contributed by atoms with Gasteiger partial charge in [0.15, 0.2) is 0 Å². The van der Waals surface area contributed by atoms with Gasteiger partial charge in [0.05, 0.1) is 17.6 Å². The fourth-order valence-electron chi connectivity index (χ4n) is 2.37. The van der Waals surface area contributed by atoms with Gasteiger partial charge in [-0.05, 0) is 44.0 Å². The number of sulfonamides is 1. The van der Waals surface area contributed by atoms with Gasteiger partial charge in [-0.1, -0.05) is 24.3 Å². The number of hydrogen-bond acceptors (Lipinski definition) is 4. The average Bonchev–Trinajstić information content (AvgIpc) is 2.52. The molecule has 0 spiro atoms. The molecule has 5 nitrogen and oxygen atoms in total. The van der Waals surface area contributed by atoms with Gasteiger partial charge in [-0.15, -0.1) is 0 Å². The Morgan fingerprint density at radius 3 is 2.35 bits per heavy atom. The lowest BCUT2D eigenvalue weighted by Crippen LogP contribution is -2.23. The first-order valence-electron chi connectivity index (χ1n) is 7.71. The Morgan fingerprint density at radius 2 is 1.78 bits per heavy atom. The van der Waals surface area contributed by atoms with E-state index in [1.165, 1.54) is 0 Å². The summed E-state index contributed by atoms with van der Waals surface area (Å²) in [5.41, 5.74) is 2.25. The largest absolute Gasteiger partial charge is 0.357 e. The van der Waals surface area contributed by atoms with Crippen LogP contribution in [0.2, 0.25) is 0 Å². The van der Waals surface area contributed by atoms with Crippen LogP contribution in [0.15, 0.2) is 42.6 Å². The summed E-state index contributed by atoms with van der Waals surface area (Å²) in [6.07, 6.45) is 1.56. The van der Waals surface area contributed by atoms with E-state index in [0.717, 1.165) is 30.0 Å². The number of hydrogen-bond donors (Lipinski definition) is 1. The van der Waals surface area contributed by atoms with Crippen LogP contribution in [0, 0.1) is 6.92 Å². The predicted molar refractivity (Wildman–Crippen MR) is 95.2 cm³/mol. The molecule has 124 valence electrons. The fraction of sp³-hybridized carbons (Fsp3) is 0.353. The van der Waals surface area contributed by atoms with Crippen molar-refractivity contribution in [3.8, 4) is 0 Å². The minimum atomic E-state index is -3.46. The summed E-state index contributed by atoms with van der Waals surface area (Å²) in [5, 5.41) is 0. The molecular formula is C17H23N3O2S. The van der Waals surface area contributed by atoms with E-state index in [1.807, 2.05) is 37.3 Å². The summed E-state index contributed by atoms with van der Waals surface area (Å²) in [4.78, 5) is 6.43. The van der Waals surface area contributed by atoms with Gasteiger partial charge in [0.25, 0.3) is 0 Å². The molecule has 0 fully saturated rings. The van der Waals surface area contributed by atoms with Gasteiger partial charge in [0.1, 0.15) is 5.82 Å². The number of anilines is 2. The molecule has 0 amide bonds. The number of pyridine rings is 1. The molecule has 0 aliphatic heterocycles. The van der Waals surface area contributed by atoms with Crippen LogP contribution in [0.3, 0.4) is 0 Å². The number of benzene rings is 1. The number of rotatable bonds is 7. The second kappa shape index (κ2) is 7.46. The van der Waals surface area contributed by atoms with Crippen molar-refractivity contribution < 1.29 is 8.42 Å². The molecule has 0 saturated carbocycles. The smallest absolute Gasteiger partial charge is 0.236 e. The molecule has 2 rings (SSSR count). The summed E-state index contributed by atoms with van der Waals surface area (Å²) < 4.78 is 27.2. The second-order valence-electron chi connectivity index (χ2n) is 5.36. The molecule has 2 aromatic rings. The molecule has 0 aliphatic carbocycles. The Kier molecular flexibility index (Phi) is 5.60. The van der Waals surface area contributed by atoms with Crippen LogP contribution >= 0.6 is 0 Å². The quantitative estimate of drug-likeness (QED) is 0.845. The number of aromatic nitrogens is 1. The van der Waals surface area contributed by atoms with Crippen LogP contribution in [-0.4, -0.2) is 26.5 Å². The van der Waals surface area contributed by atoms with E-state index in [2.05, 4.69) is 28.5 Å². The van der Waals surface area contributed by atoms with Crippen molar-refractivity contribution in [2.24, 2.45) is 0 Å². The molecule has 0 saturated heterocycles. The third-order valence-corrected chi connectivity index (χ3v) is 4.95. The Bertz CT molecular complexity index is 739. The fourth-order valence-corrected chi connectivity index (χ4v) is 3.66. The van der Waals surface area contributed by atoms with E-state index in [1.54, 1.807) is 12.3 Å². The predicted octanol–water partition coefficient (Wildman–Crippen LogP) is 3.18. The molecule has 1 N–H and O–H groups in total. The van der Waals surface area contributed by atoms with Gasteiger partial charge in [0, 0.05) is 13.1 Å². The first kappa shape index (κ1) is 17.3. The Hall–Kier alpha value is -2.08. The third kappa shape index (κ3) is 4.69. The standard InChI is InChI=1S/C17H23N3O2S/c1-4-20(5-2)17-11-10-16(12-18-17)19-23(21,22)13-15-9-7-6-8-14(15)3/h6-12,19H,4-5,13H2,1-3H3. The summed E-state index contributed by atoms with van der Waals surface area (Å²) in [6.45, 7) is 7.75. The van der Waals surface area contributed by atoms with Crippen molar-refractivity contribution in [2.45, 2.75) is 26.5 Å². The van der Waals surface area contributed by atoms with E-state index >= 15 is 0 Å². The first-order valence-corrected chi connectivity index (χ1v) is 9.36. The number of nitrogens with zero attached hydrogens (tertiary/aromatic N) is 2. The average molecular weight is 333 g/mol. The van der Waals surface area contributed by atoms with Crippen molar-refractivity contribution in [1.29, 1.82) is 0 Å². The summed E-state index contributed by atoms with van der Waals surface area (Å²) in [7, 11) is -3.46. The molecule has 0 atom stereocenters. The molecule has 6 heteroatoms. The topological polar surface area (TPSA) is 62.3 Å². The summed E-state index contributed by atoms with van der Waals surface area (Å²) >= 11 is 0. The van der Waals surface area contributed by atoms with Crippen LogP contribution in [0.25, 0.3) is 0 Å². The molecule has 1 aromatic heterocycles. The van der Waals surface area contributed by atoms with E-state index in [4.69, 9.17) is 0 Å². The van der Waals surface area contributed by atoms with Crippen LogP contribution < -0.4 is 9.62 Å². The van der Waals surface area contributed by atoms with E-state index in [9.17, 15) is 8.42 Å². The first-order chi connectivity index (χ1) is 10.9. The Labute approximate surface area is 138 Å². The van der Waals surface area contributed by atoms with E-state index in [-0.39, 0.29) is 5.75 Å². The third-order valence-electron chi connectivity index (χ3n) is 3.72. The molecule has 1 aromatic carbocycles. The molecular weight excluding hydrogens is 310 g/mol. The minimum absolute atomic E-state index is 0.0442. The zero-order valence-electron chi connectivity index (χ0n) is 13.8. The number of nitrogens with one attached hydrogen (secondary N) is 1. The summed E-state index contributed by atoms with van der Waals surface area (Å²) in [6, 6.07) is 11.1. The van der Waals surface area contributed by atoms with E-state index < -0.39 is 10.0 Å². The van der Waals surface area contributed by atoms with Gasteiger partial charge < -0.3 is 4.90 Å². The molecule has 0 aliphatic rings. The molecule has 0 bridgehead atoms. The lowest BCUT2D eigenvalue weighted by atomic mass is 10.1. The lowest BCUT2D eigenvalue weighted by molar-refractivity contribution is 0.600. The summed E-state index contributed by atoms with van der Waals surface area (Å²) in [5.74, 6) is 0.800. The zero-order valence-corrected chi connectivity index (χ0v) is 14.6. The lowest BCUT2D eigenvalue weighted by Gasteiger charge is -2.19. The highest BCUT2D eigenvalue weighted by Crippen LogP contribution is 2.17. The van der Waals surface area contributed by atoms with Gasteiger partial charge in [-0.2, -0.15) is 0 Å². The van der Waals surface area contributed by atoms with Gasteiger partial charge in [-0.25, -0.2) is 13.4 Å². The van der Waals surface area contributed by atoms with Crippen LogP contribution in [-0.2, 0) is 15.8 Å². The second-order valence-corrected chi connectivity index (χ2v) is 7.09. The highest BCUT2D eigenvalue weighted by Gasteiger charge is 2.13. The van der Waals surface area contributed by atoms with Crippen molar-refractivity contribution in [3.05, 3.63) is 53.7 Å². The normalized spacial score (nSPS) is 11.3. The molecule has 0 unspecified atom stereocenters. The minimum Gasteiger partial charge on any atom is -0.357 e. The number of aryl methyl sites for hydroxylation is 1. The van der Waals surface area contributed by atoms with Crippen molar-refractivity contribution >= 4 is 21.5 Å². The van der Waals surface area contributed by atoms with Gasteiger partial charge in [0.2, 0.25) is 10.0 Å². The van der Waals surface area contributed by atoms with Gasteiger partial charge >= 0.3 is 0 Å². The van der Waals surface area contributed by atoms with Crippen LogP contribution in [0.5, 0.6) is 0 Å². The van der Waals surface area contributed by atoms with Crippen LogP contribution in [0.4, 0.5) is 11.5 Å². The SMILES string of the molecule is CCN(CC)c1ccc(NS(=O)(=O)Cc2ccccc2C)cn1. The maximum absolute atomic E-state index is 12.3. The zero-order chi connectivity index (χ0) is 16.9.